The fraction of sp³-hybridized carbons (Fsp3) is 0.294. The maximum absolute atomic E-state index is 6.54. The molecule has 0 N–H and O–H groups in total. The van der Waals surface area contributed by atoms with Crippen molar-refractivity contribution < 1.29 is 4.43 Å². The van der Waals surface area contributed by atoms with Gasteiger partial charge in [-0.05, 0) is 37.7 Å². The predicted molar refractivity (Wildman–Crippen MR) is 83.8 cm³/mol. The van der Waals surface area contributed by atoms with Gasteiger partial charge in [0.25, 0.3) is 0 Å². The van der Waals surface area contributed by atoms with Crippen LogP contribution in [0.4, 0.5) is 0 Å². The highest BCUT2D eigenvalue weighted by Crippen LogP contribution is 2.35. The fourth-order valence-corrected chi connectivity index (χ4v) is 3.87. The van der Waals surface area contributed by atoms with Gasteiger partial charge in [-0.15, -0.1) is 0 Å². The lowest BCUT2D eigenvalue weighted by Crippen LogP contribution is -2.39. The van der Waals surface area contributed by atoms with Crippen molar-refractivity contribution >= 4 is 8.32 Å². The van der Waals surface area contributed by atoms with E-state index in [1.165, 1.54) is 11.1 Å². The Morgan fingerprint density at radius 2 is 1.11 bits per heavy atom. The lowest BCUT2D eigenvalue weighted by molar-refractivity contribution is 0.124. The van der Waals surface area contributed by atoms with Gasteiger partial charge in [0.15, 0.2) is 8.32 Å². The van der Waals surface area contributed by atoms with Crippen molar-refractivity contribution in [2.75, 3.05) is 0 Å². The zero-order valence-corrected chi connectivity index (χ0v) is 13.2. The Bertz CT molecular complexity index is 474. The molecular formula is C17H22OSi. The molecule has 2 rings (SSSR count). The summed E-state index contributed by atoms with van der Waals surface area (Å²) >= 11 is 0. The second-order valence-corrected chi connectivity index (χ2v) is 10.4. The molecule has 0 aliphatic carbocycles. The fourth-order valence-electron chi connectivity index (χ4n) is 2.41. The molecule has 19 heavy (non-hydrogen) atoms. The Morgan fingerprint density at radius 3 is 1.42 bits per heavy atom. The van der Waals surface area contributed by atoms with E-state index >= 15 is 0 Å². The first-order chi connectivity index (χ1) is 8.92. The van der Waals surface area contributed by atoms with Gasteiger partial charge in [0.05, 0.1) is 0 Å². The van der Waals surface area contributed by atoms with Crippen LogP contribution in [0.1, 0.15) is 18.1 Å². The highest BCUT2D eigenvalue weighted by atomic mass is 28.4. The molecule has 0 amide bonds. The molecule has 0 bridgehead atoms. The van der Waals surface area contributed by atoms with Gasteiger partial charge in [-0.25, -0.2) is 0 Å². The SMILES string of the molecule is CC(O[Si](C)(C)C)(c1ccccc1)c1ccccc1. The summed E-state index contributed by atoms with van der Waals surface area (Å²) in [7, 11) is -1.66. The second-order valence-electron chi connectivity index (χ2n) is 5.98. The second kappa shape index (κ2) is 5.31. The number of hydrogen-bond acceptors (Lipinski definition) is 1. The van der Waals surface area contributed by atoms with Gasteiger partial charge in [0, 0.05) is 0 Å². The van der Waals surface area contributed by atoms with Crippen LogP contribution in [0.2, 0.25) is 19.6 Å². The average Bonchev–Trinajstić information content (AvgIpc) is 2.39. The van der Waals surface area contributed by atoms with Crippen molar-refractivity contribution in [3.05, 3.63) is 71.8 Å². The summed E-state index contributed by atoms with van der Waals surface area (Å²) < 4.78 is 6.54. The molecule has 1 nitrogen and oxygen atoms in total. The van der Waals surface area contributed by atoms with Crippen LogP contribution < -0.4 is 0 Å². The van der Waals surface area contributed by atoms with Gasteiger partial charge in [-0.2, -0.15) is 0 Å². The van der Waals surface area contributed by atoms with E-state index in [4.69, 9.17) is 4.43 Å². The van der Waals surface area contributed by atoms with E-state index in [1.54, 1.807) is 0 Å². The smallest absolute Gasteiger partial charge is 0.185 e. The van der Waals surface area contributed by atoms with E-state index in [-0.39, 0.29) is 5.60 Å². The standard InChI is InChI=1S/C17H22OSi/c1-17(18-19(2,3)4,15-11-7-5-8-12-15)16-13-9-6-10-14-16/h5-14H,1-4H3. The largest absolute Gasteiger partial charge is 0.404 e. The van der Waals surface area contributed by atoms with Crippen molar-refractivity contribution in [2.24, 2.45) is 0 Å². The van der Waals surface area contributed by atoms with E-state index in [0.717, 1.165) is 0 Å². The zero-order valence-electron chi connectivity index (χ0n) is 12.2. The van der Waals surface area contributed by atoms with Crippen LogP contribution in [0, 0.1) is 0 Å². The van der Waals surface area contributed by atoms with Crippen molar-refractivity contribution in [1.29, 1.82) is 0 Å². The highest BCUT2D eigenvalue weighted by Gasteiger charge is 2.34. The van der Waals surface area contributed by atoms with Crippen molar-refractivity contribution in [3.8, 4) is 0 Å². The molecular weight excluding hydrogens is 248 g/mol. The predicted octanol–water partition coefficient (Wildman–Crippen LogP) is 4.80. The third kappa shape index (κ3) is 3.34. The molecule has 0 atom stereocenters. The molecule has 2 heteroatoms. The molecule has 0 saturated heterocycles. The highest BCUT2D eigenvalue weighted by molar-refractivity contribution is 6.69. The van der Waals surface area contributed by atoms with Gasteiger partial charge in [0.2, 0.25) is 0 Å². The maximum atomic E-state index is 6.54. The first-order valence-electron chi connectivity index (χ1n) is 6.73. The molecule has 0 aliphatic heterocycles. The Balaban J connectivity index is 2.51. The monoisotopic (exact) mass is 270 g/mol. The van der Waals surface area contributed by atoms with Crippen LogP contribution >= 0.6 is 0 Å². The average molecular weight is 270 g/mol. The molecule has 0 radical (unpaired) electrons. The quantitative estimate of drug-likeness (QED) is 0.725. The molecule has 100 valence electrons. The summed E-state index contributed by atoms with van der Waals surface area (Å²) in [5, 5.41) is 0. The number of benzene rings is 2. The van der Waals surface area contributed by atoms with Gasteiger partial charge in [-0.1, -0.05) is 60.7 Å². The zero-order chi connectivity index (χ0) is 13.9. The minimum absolute atomic E-state index is 0.368. The van der Waals surface area contributed by atoms with E-state index in [2.05, 4.69) is 75.1 Å². The van der Waals surface area contributed by atoms with Gasteiger partial charge >= 0.3 is 0 Å². The normalized spacial score (nSPS) is 12.4. The number of rotatable bonds is 4. The lowest BCUT2D eigenvalue weighted by Gasteiger charge is -2.37. The van der Waals surface area contributed by atoms with Crippen LogP contribution in [0.5, 0.6) is 0 Å². The first kappa shape index (κ1) is 14.0. The van der Waals surface area contributed by atoms with E-state index < -0.39 is 8.32 Å². The van der Waals surface area contributed by atoms with E-state index in [1.807, 2.05) is 12.1 Å². The minimum atomic E-state index is -1.66. The van der Waals surface area contributed by atoms with Gasteiger partial charge in [-0.3, -0.25) is 0 Å². The van der Waals surface area contributed by atoms with Crippen molar-refractivity contribution in [1.82, 2.24) is 0 Å². The molecule has 0 heterocycles. The Labute approximate surface area is 117 Å². The van der Waals surface area contributed by atoms with Crippen LogP contribution in [0.3, 0.4) is 0 Å². The third-order valence-corrected chi connectivity index (χ3v) is 4.18. The van der Waals surface area contributed by atoms with Gasteiger partial charge < -0.3 is 4.43 Å². The van der Waals surface area contributed by atoms with Crippen LogP contribution in [0.25, 0.3) is 0 Å². The Morgan fingerprint density at radius 1 is 0.737 bits per heavy atom. The van der Waals surface area contributed by atoms with Crippen molar-refractivity contribution in [3.63, 3.8) is 0 Å². The molecule has 2 aromatic rings. The Kier molecular flexibility index (Phi) is 3.93. The number of hydrogen-bond donors (Lipinski definition) is 0. The third-order valence-electron chi connectivity index (χ3n) is 3.16. The maximum Gasteiger partial charge on any atom is 0.185 e. The topological polar surface area (TPSA) is 9.23 Å². The Hall–Kier alpha value is -1.38. The van der Waals surface area contributed by atoms with Crippen molar-refractivity contribution in [2.45, 2.75) is 32.2 Å². The summed E-state index contributed by atoms with van der Waals surface area (Å²) in [4.78, 5) is 0. The van der Waals surface area contributed by atoms with Crippen LogP contribution in [-0.4, -0.2) is 8.32 Å². The molecule has 0 unspecified atom stereocenters. The summed E-state index contributed by atoms with van der Waals surface area (Å²) in [6, 6.07) is 21.0. The molecule has 0 aromatic heterocycles. The molecule has 0 aliphatic rings. The van der Waals surface area contributed by atoms with E-state index in [0.29, 0.717) is 0 Å². The summed E-state index contributed by atoms with van der Waals surface area (Å²) in [5.41, 5.74) is 2.06. The van der Waals surface area contributed by atoms with Crippen LogP contribution in [0.15, 0.2) is 60.7 Å². The van der Waals surface area contributed by atoms with Crippen LogP contribution in [-0.2, 0) is 10.0 Å². The lowest BCUT2D eigenvalue weighted by atomic mass is 9.88. The molecule has 0 spiro atoms. The minimum Gasteiger partial charge on any atom is -0.404 e. The molecule has 0 fully saturated rings. The molecule has 0 saturated carbocycles. The summed E-state index contributed by atoms with van der Waals surface area (Å²) in [5.74, 6) is 0. The van der Waals surface area contributed by atoms with Gasteiger partial charge in [0.1, 0.15) is 5.60 Å². The van der Waals surface area contributed by atoms with E-state index in [9.17, 15) is 0 Å². The molecule has 2 aromatic carbocycles. The summed E-state index contributed by atoms with van der Waals surface area (Å²) in [6.45, 7) is 8.88. The summed E-state index contributed by atoms with van der Waals surface area (Å²) in [6.07, 6.45) is 0. The first-order valence-corrected chi connectivity index (χ1v) is 10.1.